The summed E-state index contributed by atoms with van der Waals surface area (Å²) >= 11 is 0. The third kappa shape index (κ3) is 2.83. The van der Waals surface area contributed by atoms with Crippen LogP contribution in [0.3, 0.4) is 0 Å². The Morgan fingerprint density at radius 3 is 1.71 bits per heavy atom. The van der Waals surface area contributed by atoms with Crippen LogP contribution in [-0.4, -0.2) is 28.3 Å². The van der Waals surface area contributed by atoms with Gasteiger partial charge in [-0.05, 0) is 50.6 Å². The molecular weight excluding hydrogens is 431 g/mol. The Labute approximate surface area is 204 Å². The van der Waals surface area contributed by atoms with Crippen LogP contribution >= 0.6 is 0 Å². The van der Waals surface area contributed by atoms with Gasteiger partial charge in [0, 0.05) is 38.5 Å². The molecule has 0 saturated carbocycles. The SMILES string of the molecule is CC1(C)OB(c2ccc3c(n2)c2ccccc2c2c4cccnc4c4ccccc4c32)OC1(C)C. The summed E-state index contributed by atoms with van der Waals surface area (Å²) in [6.07, 6.45) is 1.88. The van der Waals surface area contributed by atoms with Crippen LogP contribution in [0, 0.1) is 0 Å². The molecule has 1 fully saturated rings. The second kappa shape index (κ2) is 7.00. The lowest BCUT2D eigenvalue weighted by Gasteiger charge is -2.32. The number of nitrogens with zero attached hydrogens (tertiary/aromatic N) is 2. The van der Waals surface area contributed by atoms with Crippen molar-refractivity contribution in [2.24, 2.45) is 0 Å². The van der Waals surface area contributed by atoms with Crippen LogP contribution in [0.4, 0.5) is 0 Å². The molecule has 0 atom stereocenters. The first-order valence-electron chi connectivity index (χ1n) is 12.1. The van der Waals surface area contributed by atoms with E-state index in [9.17, 15) is 0 Å². The van der Waals surface area contributed by atoms with Crippen molar-refractivity contribution < 1.29 is 9.31 Å². The summed E-state index contributed by atoms with van der Waals surface area (Å²) in [5, 5.41) is 9.36. The molecule has 4 nitrogen and oxygen atoms in total. The molecule has 6 aromatic rings. The lowest BCUT2D eigenvalue weighted by Crippen LogP contribution is -2.41. The smallest absolute Gasteiger partial charge is 0.398 e. The van der Waals surface area contributed by atoms with Gasteiger partial charge in [-0.1, -0.05) is 60.7 Å². The predicted molar refractivity (Wildman–Crippen MR) is 145 cm³/mol. The Kier molecular flexibility index (Phi) is 4.16. The fourth-order valence-electron chi connectivity index (χ4n) is 5.44. The molecule has 0 spiro atoms. The van der Waals surface area contributed by atoms with Crippen LogP contribution in [0.2, 0.25) is 0 Å². The maximum atomic E-state index is 6.33. The minimum atomic E-state index is -0.503. The number of rotatable bonds is 1. The highest BCUT2D eigenvalue weighted by molar-refractivity contribution is 6.61. The zero-order chi connectivity index (χ0) is 23.9. The summed E-state index contributed by atoms with van der Waals surface area (Å²) in [4.78, 5) is 9.98. The molecule has 2 aromatic heterocycles. The Morgan fingerprint density at radius 2 is 1.09 bits per heavy atom. The second-order valence-electron chi connectivity index (χ2n) is 10.5. The Morgan fingerprint density at radius 1 is 0.571 bits per heavy atom. The van der Waals surface area contributed by atoms with Gasteiger partial charge in [0.05, 0.1) is 27.8 Å². The van der Waals surface area contributed by atoms with Crippen molar-refractivity contribution in [1.82, 2.24) is 9.97 Å². The summed E-state index contributed by atoms with van der Waals surface area (Å²) in [5.74, 6) is 0. The van der Waals surface area contributed by atoms with Gasteiger partial charge in [0.2, 0.25) is 0 Å². The first-order valence-corrected chi connectivity index (χ1v) is 12.1. The van der Waals surface area contributed by atoms with Crippen molar-refractivity contribution >= 4 is 66.8 Å². The number of fused-ring (bicyclic) bond motifs is 11. The minimum Gasteiger partial charge on any atom is -0.398 e. The van der Waals surface area contributed by atoms with E-state index >= 15 is 0 Å². The van der Waals surface area contributed by atoms with E-state index in [1.54, 1.807) is 0 Å². The Balaban J connectivity index is 1.64. The summed E-state index contributed by atoms with van der Waals surface area (Å²) in [6, 6.07) is 25.5. The lowest BCUT2D eigenvalue weighted by atomic mass is 9.83. The molecule has 4 aromatic carbocycles. The van der Waals surface area contributed by atoms with Crippen molar-refractivity contribution in [3.63, 3.8) is 0 Å². The molecule has 0 unspecified atom stereocenters. The fraction of sp³-hybridized carbons (Fsp3) is 0.200. The number of hydrogen-bond acceptors (Lipinski definition) is 4. The summed E-state index contributed by atoms with van der Waals surface area (Å²) in [7, 11) is -0.503. The lowest BCUT2D eigenvalue weighted by molar-refractivity contribution is 0.00578. The quantitative estimate of drug-likeness (QED) is 0.208. The van der Waals surface area contributed by atoms with Crippen molar-refractivity contribution in [3.05, 3.63) is 79.0 Å². The van der Waals surface area contributed by atoms with E-state index in [0.29, 0.717) is 0 Å². The highest BCUT2D eigenvalue weighted by Gasteiger charge is 2.52. The van der Waals surface area contributed by atoms with Gasteiger partial charge < -0.3 is 9.31 Å². The van der Waals surface area contributed by atoms with Gasteiger partial charge in [0.1, 0.15) is 0 Å². The minimum absolute atomic E-state index is 0.415. The Bertz CT molecular complexity index is 1810. The molecular formula is C30H25BN2O2. The largest absolute Gasteiger partial charge is 0.514 e. The van der Waals surface area contributed by atoms with Crippen LogP contribution in [0.15, 0.2) is 79.0 Å². The summed E-state index contributed by atoms with van der Waals surface area (Å²) in [5.41, 5.74) is 1.96. The van der Waals surface area contributed by atoms with E-state index in [1.165, 1.54) is 21.5 Å². The van der Waals surface area contributed by atoms with Crippen LogP contribution in [0.5, 0.6) is 0 Å². The molecule has 170 valence electrons. The first-order chi connectivity index (χ1) is 16.9. The molecule has 7 rings (SSSR count). The molecule has 0 N–H and O–H groups in total. The first kappa shape index (κ1) is 20.8. The van der Waals surface area contributed by atoms with Crippen LogP contribution in [0.25, 0.3) is 54.1 Å². The van der Waals surface area contributed by atoms with E-state index < -0.39 is 18.3 Å². The van der Waals surface area contributed by atoms with Crippen LogP contribution in [0.1, 0.15) is 27.7 Å². The number of pyridine rings is 2. The highest BCUT2D eigenvalue weighted by Crippen LogP contribution is 2.42. The van der Waals surface area contributed by atoms with Gasteiger partial charge in [-0.3, -0.25) is 9.97 Å². The molecule has 5 heteroatoms. The number of benzene rings is 4. The fourth-order valence-corrected chi connectivity index (χ4v) is 5.44. The standard InChI is InChI=1S/C30H25BN2O2/c1-29(2)30(3,4)35-31(34-29)24-16-15-23-26-18-10-5-7-12-20(18)27-22(14-9-17-32-27)25(26)19-11-6-8-13-21(19)28(23)33-24/h5-17H,1-4H3. The summed E-state index contributed by atoms with van der Waals surface area (Å²) < 4.78 is 12.7. The average Bonchev–Trinajstić information content (AvgIpc) is 3.10. The van der Waals surface area contributed by atoms with Gasteiger partial charge in [-0.2, -0.15) is 0 Å². The van der Waals surface area contributed by atoms with E-state index in [4.69, 9.17) is 19.3 Å². The van der Waals surface area contributed by atoms with Crippen molar-refractivity contribution in [2.75, 3.05) is 0 Å². The zero-order valence-electron chi connectivity index (χ0n) is 20.3. The third-order valence-corrected chi connectivity index (χ3v) is 7.91. The molecule has 1 saturated heterocycles. The summed E-state index contributed by atoms with van der Waals surface area (Å²) in [6.45, 7) is 8.29. The van der Waals surface area contributed by atoms with Crippen LogP contribution < -0.4 is 5.59 Å². The molecule has 3 heterocycles. The van der Waals surface area contributed by atoms with E-state index in [0.717, 1.165) is 38.2 Å². The van der Waals surface area contributed by atoms with Gasteiger partial charge in [0.15, 0.2) is 0 Å². The average molecular weight is 456 g/mol. The molecule has 1 aliphatic rings. The molecule has 0 radical (unpaired) electrons. The molecule has 1 aliphatic heterocycles. The maximum absolute atomic E-state index is 6.33. The molecule has 0 aliphatic carbocycles. The third-order valence-electron chi connectivity index (χ3n) is 7.91. The molecule has 0 bridgehead atoms. The predicted octanol–water partition coefficient (Wildman–Crippen LogP) is 6.54. The van der Waals surface area contributed by atoms with Crippen molar-refractivity contribution in [1.29, 1.82) is 0 Å². The van der Waals surface area contributed by atoms with Crippen molar-refractivity contribution in [3.8, 4) is 0 Å². The monoisotopic (exact) mass is 456 g/mol. The topological polar surface area (TPSA) is 44.2 Å². The van der Waals surface area contributed by atoms with Gasteiger partial charge in [0.25, 0.3) is 0 Å². The maximum Gasteiger partial charge on any atom is 0.514 e. The highest BCUT2D eigenvalue weighted by atomic mass is 16.7. The van der Waals surface area contributed by atoms with Gasteiger partial charge in [-0.25, -0.2) is 0 Å². The van der Waals surface area contributed by atoms with Crippen molar-refractivity contribution in [2.45, 2.75) is 38.9 Å². The van der Waals surface area contributed by atoms with Gasteiger partial charge in [-0.15, -0.1) is 0 Å². The van der Waals surface area contributed by atoms with Crippen LogP contribution in [-0.2, 0) is 9.31 Å². The van der Waals surface area contributed by atoms with E-state index in [1.807, 2.05) is 12.3 Å². The van der Waals surface area contributed by atoms with Gasteiger partial charge >= 0.3 is 7.12 Å². The zero-order valence-corrected chi connectivity index (χ0v) is 20.3. The van der Waals surface area contributed by atoms with E-state index in [2.05, 4.69) is 94.4 Å². The number of aromatic nitrogens is 2. The number of hydrogen-bond donors (Lipinski definition) is 0. The Hall–Kier alpha value is -3.54. The molecule has 35 heavy (non-hydrogen) atoms. The second-order valence-corrected chi connectivity index (χ2v) is 10.5. The van der Waals surface area contributed by atoms with E-state index in [-0.39, 0.29) is 0 Å². The normalized spacial score (nSPS) is 17.3. The molecule has 0 amide bonds.